The average Bonchev–Trinajstić information content (AvgIpc) is 3.33. The summed E-state index contributed by atoms with van der Waals surface area (Å²) in [6, 6.07) is 19.3. The third kappa shape index (κ3) is 4.54. The van der Waals surface area contributed by atoms with Gasteiger partial charge in [-0.25, -0.2) is 0 Å². The summed E-state index contributed by atoms with van der Waals surface area (Å²) in [5, 5.41) is 17.2. The van der Waals surface area contributed by atoms with Crippen molar-refractivity contribution in [2.45, 2.75) is 6.92 Å². The van der Waals surface area contributed by atoms with Gasteiger partial charge >= 0.3 is 0 Å². The molecule has 0 aliphatic heterocycles. The van der Waals surface area contributed by atoms with Gasteiger partial charge in [0.1, 0.15) is 5.82 Å². The highest BCUT2D eigenvalue weighted by Gasteiger charge is 2.11. The molecule has 154 valence electrons. The zero-order valence-corrected chi connectivity index (χ0v) is 18.1. The van der Waals surface area contributed by atoms with Crippen LogP contribution in [-0.2, 0) is 0 Å². The van der Waals surface area contributed by atoms with Gasteiger partial charge in [0.25, 0.3) is 5.91 Å². The first-order valence-corrected chi connectivity index (χ1v) is 10.7. The summed E-state index contributed by atoms with van der Waals surface area (Å²) >= 11 is 1.67. The molecule has 5 nitrogen and oxygen atoms in total. The van der Waals surface area contributed by atoms with Crippen LogP contribution in [0.4, 0.5) is 0 Å². The predicted octanol–water partition coefficient (Wildman–Crippen LogP) is 5.13. The number of hydrogen-bond donors (Lipinski definition) is 3. The van der Waals surface area contributed by atoms with Crippen LogP contribution in [0.25, 0.3) is 21.3 Å². The Balaban J connectivity index is 1.54. The second-order valence-corrected chi connectivity index (χ2v) is 8.05. The summed E-state index contributed by atoms with van der Waals surface area (Å²) in [6.45, 7) is 1.96. The molecule has 4 rings (SSSR count). The molecule has 2 aromatic carbocycles. The molecule has 1 amide bonds. The summed E-state index contributed by atoms with van der Waals surface area (Å²) in [7, 11) is 1.71. The third-order valence-corrected chi connectivity index (χ3v) is 5.91. The molecule has 0 spiro atoms. The molecule has 0 aliphatic rings. The number of thiophene rings is 1. The lowest BCUT2D eigenvalue weighted by Gasteiger charge is -2.11. The second kappa shape index (κ2) is 8.93. The molecule has 0 atom stereocenters. The lowest BCUT2D eigenvalue weighted by molar-refractivity contribution is 0.0964. The van der Waals surface area contributed by atoms with E-state index in [2.05, 4.69) is 27.8 Å². The van der Waals surface area contributed by atoms with Gasteiger partial charge in [-0.3, -0.25) is 9.78 Å². The van der Waals surface area contributed by atoms with Gasteiger partial charge in [0.15, 0.2) is 0 Å². The summed E-state index contributed by atoms with van der Waals surface area (Å²) < 4.78 is 0. The van der Waals surface area contributed by atoms with Crippen molar-refractivity contribution >= 4 is 33.9 Å². The fourth-order valence-electron chi connectivity index (χ4n) is 3.30. The van der Waals surface area contributed by atoms with E-state index < -0.39 is 0 Å². The van der Waals surface area contributed by atoms with Gasteiger partial charge in [-0.15, -0.1) is 11.3 Å². The quantitative estimate of drug-likeness (QED) is 0.374. The monoisotopic (exact) mass is 426 g/mol. The maximum Gasteiger partial charge on any atom is 0.256 e. The van der Waals surface area contributed by atoms with Crippen molar-refractivity contribution in [3.8, 4) is 10.4 Å². The molecule has 0 saturated heterocycles. The predicted molar refractivity (Wildman–Crippen MR) is 128 cm³/mol. The Morgan fingerprint density at radius 2 is 1.94 bits per heavy atom. The van der Waals surface area contributed by atoms with Crippen LogP contribution in [0.5, 0.6) is 0 Å². The molecule has 6 heteroatoms. The van der Waals surface area contributed by atoms with E-state index in [0.29, 0.717) is 17.1 Å². The van der Waals surface area contributed by atoms with Gasteiger partial charge in [-0.1, -0.05) is 36.4 Å². The molecule has 3 N–H and O–H groups in total. The number of carbonyl (C=O) groups excluding carboxylic acids is 1. The molecule has 0 unspecified atom stereocenters. The number of nitrogens with zero attached hydrogens (tertiary/aromatic N) is 1. The zero-order valence-electron chi connectivity index (χ0n) is 17.3. The summed E-state index contributed by atoms with van der Waals surface area (Å²) in [5.41, 5.74) is 4.48. The van der Waals surface area contributed by atoms with E-state index in [9.17, 15) is 4.79 Å². The molecule has 0 radical (unpaired) electrons. The number of pyridine rings is 1. The maximum atomic E-state index is 12.8. The molecule has 0 fully saturated rings. The first kappa shape index (κ1) is 20.5. The van der Waals surface area contributed by atoms with Gasteiger partial charge in [0.2, 0.25) is 0 Å². The number of carbonyl (C=O) groups is 1. The minimum atomic E-state index is -0.260. The van der Waals surface area contributed by atoms with Crippen molar-refractivity contribution in [2.75, 3.05) is 7.05 Å². The maximum absolute atomic E-state index is 12.8. The molecular weight excluding hydrogens is 404 g/mol. The van der Waals surface area contributed by atoms with E-state index in [1.54, 1.807) is 36.6 Å². The lowest BCUT2D eigenvalue weighted by Crippen LogP contribution is -2.30. The number of hydrogen-bond acceptors (Lipinski definition) is 5. The SMILES string of the molecule is CN/C(=C\C(=N)c1ccccc1C)NC(=O)c1ccc2cc(-c3cccs3)cnc2c1. The highest BCUT2D eigenvalue weighted by atomic mass is 32.1. The van der Waals surface area contributed by atoms with Gasteiger partial charge in [-0.2, -0.15) is 0 Å². The van der Waals surface area contributed by atoms with E-state index in [1.165, 1.54) is 0 Å². The molecule has 0 saturated carbocycles. The summed E-state index contributed by atoms with van der Waals surface area (Å²) in [6.07, 6.45) is 3.45. The standard InChI is InChI=1S/C25H22N4OS/c1-16-6-3-4-7-20(16)21(26)14-24(27-2)29-25(30)18-10-9-17-12-19(15-28-22(17)13-18)23-8-5-11-31-23/h3-15,26-27H,1-2H3,(H,29,30)/b24-14+,26-21?. The molecule has 2 aromatic heterocycles. The fourth-order valence-corrected chi connectivity index (χ4v) is 4.01. The third-order valence-electron chi connectivity index (χ3n) is 4.99. The minimum absolute atomic E-state index is 0.260. The van der Waals surface area contributed by atoms with Crippen LogP contribution in [0.1, 0.15) is 21.5 Å². The average molecular weight is 427 g/mol. The molecule has 2 heterocycles. The number of amides is 1. The smallest absolute Gasteiger partial charge is 0.256 e. The van der Waals surface area contributed by atoms with Gasteiger partial charge in [-0.05, 0) is 42.1 Å². The molecule has 4 aromatic rings. The first-order chi connectivity index (χ1) is 15.0. The van der Waals surface area contributed by atoms with Crippen LogP contribution < -0.4 is 10.6 Å². The van der Waals surface area contributed by atoms with Crippen LogP contribution in [0.15, 0.2) is 84.1 Å². The normalized spacial score (nSPS) is 11.4. The van der Waals surface area contributed by atoms with E-state index in [0.717, 1.165) is 32.5 Å². The van der Waals surface area contributed by atoms with Crippen LogP contribution in [-0.4, -0.2) is 23.7 Å². The lowest BCUT2D eigenvalue weighted by atomic mass is 10.0. The van der Waals surface area contributed by atoms with Crippen molar-refractivity contribution < 1.29 is 4.79 Å². The Morgan fingerprint density at radius 3 is 2.68 bits per heavy atom. The number of aryl methyl sites for hydroxylation is 1. The van der Waals surface area contributed by atoms with E-state index in [1.807, 2.05) is 54.9 Å². The van der Waals surface area contributed by atoms with Crippen LogP contribution in [0.3, 0.4) is 0 Å². The van der Waals surface area contributed by atoms with Crippen LogP contribution >= 0.6 is 11.3 Å². The number of benzene rings is 2. The van der Waals surface area contributed by atoms with Crippen molar-refractivity contribution in [1.29, 1.82) is 5.41 Å². The second-order valence-electron chi connectivity index (χ2n) is 7.10. The Bertz CT molecular complexity index is 1290. The van der Waals surface area contributed by atoms with Gasteiger partial charge in [0, 0.05) is 46.3 Å². The number of allylic oxidation sites excluding steroid dienone is 1. The molecule has 31 heavy (non-hydrogen) atoms. The van der Waals surface area contributed by atoms with Crippen LogP contribution in [0, 0.1) is 12.3 Å². The Morgan fingerprint density at radius 1 is 1.10 bits per heavy atom. The molecule has 0 aliphatic carbocycles. The zero-order chi connectivity index (χ0) is 21.8. The fraction of sp³-hybridized carbons (Fsp3) is 0.0800. The highest BCUT2D eigenvalue weighted by Crippen LogP contribution is 2.27. The van der Waals surface area contributed by atoms with Crippen molar-refractivity contribution in [3.05, 3.63) is 101 Å². The minimum Gasteiger partial charge on any atom is -0.375 e. The van der Waals surface area contributed by atoms with E-state index in [-0.39, 0.29) is 5.91 Å². The van der Waals surface area contributed by atoms with E-state index >= 15 is 0 Å². The topological polar surface area (TPSA) is 77.9 Å². The Labute approximate surface area is 185 Å². The molecular formula is C25H22N4OS. The van der Waals surface area contributed by atoms with Crippen molar-refractivity contribution in [2.24, 2.45) is 0 Å². The number of nitrogens with one attached hydrogen (secondary N) is 3. The summed E-state index contributed by atoms with van der Waals surface area (Å²) in [4.78, 5) is 18.5. The van der Waals surface area contributed by atoms with Crippen molar-refractivity contribution in [3.63, 3.8) is 0 Å². The van der Waals surface area contributed by atoms with Gasteiger partial charge in [0.05, 0.1) is 11.2 Å². The Hall–Kier alpha value is -3.77. The summed E-state index contributed by atoms with van der Waals surface area (Å²) in [5.74, 6) is 0.198. The highest BCUT2D eigenvalue weighted by molar-refractivity contribution is 7.13. The number of aromatic nitrogens is 1. The Kier molecular flexibility index (Phi) is 5.91. The largest absolute Gasteiger partial charge is 0.375 e. The van der Waals surface area contributed by atoms with Crippen molar-refractivity contribution in [1.82, 2.24) is 15.6 Å². The number of fused-ring (bicyclic) bond motifs is 1. The molecule has 0 bridgehead atoms. The number of rotatable bonds is 6. The van der Waals surface area contributed by atoms with E-state index in [4.69, 9.17) is 5.41 Å². The van der Waals surface area contributed by atoms with Gasteiger partial charge < -0.3 is 16.0 Å². The van der Waals surface area contributed by atoms with Crippen LogP contribution in [0.2, 0.25) is 0 Å². The first-order valence-electron chi connectivity index (χ1n) is 9.84.